The van der Waals surface area contributed by atoms with E-state index in [1.807, 2.05) is 27.0 Å². The van der Waals surface area contributed by atoms with Crippen LogP contribution in [0.2, 0.25) is 0 Å². The molecule has 0 saturated heterocycles. The van der Waals surface area contributed by atoms with Gasteiger partial charge < -0.3 is 10.8 Å². The molecule has 2 atom stereocenters. The second-order valence-corrected chi connectivity index (χ2v) is 4.87. The Morgan fingerprint density at radius 1 is 1.56 bits per heavy atom. The van der Waals surface area contributed by atoms with Crippen molar-refractivity contribution in [1.29, 1.82) is 0 Å². The highest BCUT2D eigenvalue weighted by molar-refractivity contribution is 4.99. The summed E-state index contributed by atoms with van der Waals surface area (Å²) in [6, 6.07) is -0.0715. The Morgan fingerprint density at radius 3 is 2.69 bits per heavy atom. The number of aromatic nitrogens is 3. The van der Waals surface area contributed by atoms with E-state index in [2.05, 4.69) is 10.3 Å². The van der Waals surface area contributed by atoms with Gasteiger partial charge in [0.1, 0.15) is 0 Å². The van der Waals surface area contributed by atoms with Crippen LogP contribution in [0.4, 0.5) is 0 Å². The molecule has 1 rings (SSSR count). The Hall–Kier alpha value is -0.940. The summed E-state index contributed by atoms with van der Waals surface area (Å²) in [5.41, 5.74) is 5.86. The lowest BCUT2D eigenvalue weighted by molar-refractivity contribution is -0.00611. The molecule has 1 aromatic rings. The van der Waals surface area contributed by atoms with Crippen molar-refractivity contribution in [2.45, 2.75) is 52.3 Å². The second-order valence-electron chi connectivity index (χ2n) is 4.87. The van der Waals surface area contributed by atoms with Crippen molar-refractivity contribution in [2.75, 3.05) is 0 Å². The first-order valence-electron chi connectivity index (χ1n) is 5.74. The zero-order valence-electron chi connectivity index (χ0n) is 10.5. The highest BCUT2D eigenvalue weighted by Crippen LogP contribution is 2.18. The summed E-state index contributed by atoms with van der Waals surface area (Å²) in [7, 11) is 0. The molecule has 0 saturated carbocycles. The Labute approximate surface area is 96.6 Å². The van der Waals surface area contributed by atoms with Gasteiger partial charge in [0.2, 0.25) is 0 Å². The zero-order valence-corrected chi connectivity index (χ0v) is 10.5. The van der Waals surface area contributed by atoms with Gasteiger partial charge in [0.15, 0.2) is 0 Å². The predicted molar refractivity (Wildman–Crippen MR) is 62.7 cm³/mol. The van der Waals surface area contributed by atoms with Gasteiger partial charge in [0, 0.05) is 0 Å². The molecular weight excluding hydrogens is 204 g/mol. The first-order valence-corrected chi connectivity index (χ1v) is 5.74. The fraction of sp³-hybridized carbons (Fsp3) is 0.818. The minimum absolute atomic E-state index is 0.0715. The van der Waals surface area contributed by atoms with Gasteiger partial charge in [-0.2, -0.15) is 0 Å². The van der Waals surface area contributed by atoms with E-state index >= 15 is 0 Å². The minimum atomic E-state index is -0.777. The van der Waals surface area contributed by atoms with Gasteiger partial charge in [-0.25, -0.2) is 4.68 Å². The molecule has 0 radical (unpaired) electrons. The number of hydrogen-bond donors (Lipinski definition) is 2. The van der Waals surface area contributed by atoms with E-state index in [1.165, 1.54) is 0 Å². The van der Waals surface area contributed by atoms with Gasteiger partial charge in [-0.05, 0) is 19.3 Å². The number of aliphatic hydroxyl groups is 1. The van der Waals surface area contributed by atoms with Gasteiger partial charge in [-0.15, -0.1) is 5.10 Å². The number of nitrogens with two attached hydrogens (primary N) is 1. The summed E-state index contributed by atoms with van der Waals surface area (Å²) in [6.07, 6.45) is 2.64. The lowest BCUT2D eigenvalue weighted by Gasteiger charge is -2.27. The van der Waals surface area contributed by atoms with Crippen molar-refractivity contribution in [3.63, 3.8) is 0 Å². The van der Waals surface area contributed by atoms with Gasteiger partial charge in [0.25, 0.3) is 0 Å². The smallest absolute Gasteiger partial charge is 0.0994 e. The molecule has 2 unspecified atom stereocenters. The average molecular weight is 226 g/mol. The Bertz CT molecular complexity index is 332. The van der Waals surface area contributed by atoms with Crippen LogP contribution in [0.3, 0.4) is 0 Å². The molecule has 1 heterocycles. The monoisotopic (exact) mass is 226 g/mol. The molecule has 0 aliphatic rings. The standard InChI is InChI=1S/C11H22N4O/c1-5-9(12)10-6-15(14-13-10)7-11(4,16)8(2)3/h6,8-9,16H,5,7,12H2,1-4H3. The quantitative estimate of drug-likeness (QED) is 0.788. The van der Waals surface area contributed by atoms with E-state index < -0.39 is 5.60 Å². The SMILES string of the molecule is CCC(N)c1cn(CC(C)(O)C(C)C)nn1. The molecule has 0 bridgehead atoms. The van der Waals surface area contributed by atoms with Crippen molar-refractivity contribution in [2.24, 2.45) is 11.7 Å². The first kappa shape index (κ1) is 13.1. The first-order chi connectivity index (χ1) is 7.36. The summed E-state index contributed by atoms with van der Waals surface area (Å²) in [5, 5.41) is 18.1. The lowest BCUT2D eigenvalue weighted by atomic mass is 9.93. The summed E-state index contributed by atoms with van der Waals surface area (Å²) >= 11 is 0. The third kappa shape index (κ3) is 3.02. The minimum Gasteiger partial charge on any atom is -0.388 e. The van der Waals surface area contributed by atoms with Crippen LogP contribution in [0.15, 0.2) is 6.20 Å². The summed E-state index contributed by atoms with van der Waals surface area (Å²) in [6.45, 7) is 8.21. The highest BCUT2D eigenvalue weighted by atomic mass is 16.3. The van der Waals surface area contributed by atoms with Gasteiger partial charge in [0.05, 0.1) is 30.1 Å². The Kier molecular flexibility index (Phi) is 4.04. The Balaban J connectivity index is 2.72. The molecule has 1 aromatic heterocycles. The summed E-state index contributed by atoms with van der Waals surface area (Å²) in [4.78, 5) is 0. The number of nitrogens with zero attached hydrogens (tertiary/aromatic N) is 3. The van der Waals surface area contributed by atoms with E-state index in [0.29, 0.717) is 6.54 Å². The zero-order chi connectivity index (χ0) is 12.3. The molecule has 0 aromatic carbocycles. The molecule has 0 aliphatic heterocycles. The third-order valence-corrected chi connectivity index (χ3v) is 3.10. The molecule has 0 aliphatic carbocycles. The molecule has 92 valence electrons. The number of rotatable bonds is 5. The molecular formula is C11H22N4O. The lowest BCUT2D eigenvalue weighted by Crippen LogP contribution is -2.36. The molecule has 16 heavy (non-hydrogen) atoms. The van der Waals surface area contributed by atoms with Gasteiger partial charge >= 0.3 is 0 Å². The summed E-state index contributed by atoms with van der Waals surface area (Å²) < 4.78 is 1.66. The van der Waals surface area contributed by atoms with E-state index in [4.69, 9.17) is 5.73 Å². The van der Waals surface area contributed by atoms with Crippen molar-refractivity contribution < 1.29 is 5.11 Å². The molecule has 5 heteroatoms. The highest BCUT2D eigenvalue weighted by Gasteiger charge is 2.26. The van der Waals surface area contributed by atoms with E-state index in [1.54, 1.807) is 11.6 Å². The fourth-order valence-electron chi connectivity index (χ4n) is 1.28. The molecule has 0 amide bonds. The van der Waals surface area contributed by atoms with E-state index in [9.17, 15) is 5.11 Å². The topological polar surface area (TPSA) is 77.0 Å². The van der Waals surface area contributed by atoms with Crippen LogP contribution >= 0.6 is 0 Å². The maximum absolute atomic E-state index is 10.1. The van der Waals surface area contributed by atoms with Crippen LogP contribution in [0.25, 0.3) is 0 Å². The molecule has 3 N–H and O–H groups in total. The van der Waals surface area contributed by atoms with Crippen LogP contribution in [0.1, 0.15) is 45.9 Å². The van der Waals surface area contributed by atoms with Crippen LogP contribution in [-0.4, -0.2) is 25.7 Å². The average Bonchev–Trinajstić information content (AvgIpc) is 2.64. The van der Waals surface area contributed by atoms with Crippen LogP contribution < -0.4 is 5.73 Å². The second kappa shape index (κ2) is 4.93. The molecule has 0 fully saturated rings. The van der Waals surface area contributed by atoms with Crippen molar-refractivity contribution in [1.82, 2.24) is 15.0 Å². The maximum atomic E-state index is 10.1. The summed E-state index contributed by atoms with van der Waals surface area (Å²) in [5.74, 6) is 0.167. The van der Waals surface area contributed by atoms with Gasteiger partial charge in [-0.3, -0.25) is 0 Å². The van der Waals surface area contributed by atoms with Crippen molar-refractivity contribution in [3.8, 4) is 0 Å². The Morgan fingerprint density at radius 2 is 2.19 bits per heavy atom. The largest absolute Gasteiger partial charge is 0.388 e. The van der Waals surface area contributed by atoms with Crippen LogP contribution in [-0.2, 0) is 6.54 Å². The molecule has 0 spiro atoms. The van der Waals surface area contributed by atoms with E-state index in [0.717, 1.165) is 12.1 Å². The van der Waals surface area contributed by atoms with Crippen LogP contribution in [0, 0.1) is 5.92 Å². The van der Waals surface area contributed by atoms with Crippen LogP contribution in [0.5, 0.6) is 0 Å². The number of hydrogen-bond acceptors (Lipinski definition) is 4. The van der Waals surface area contributed by atoms with Crippen molar-refractivity contribution >= 4 is 0 Å². The fourth-order valence-corrected chi connectivity index (χ4v) is 1.28. The molecule has 5 nitrogen and oxygen atoms in total. The van der Waals surface area contributed by atoms with Gasteiger partial charge in [-0.1, -0.05) is 26.0 Å². The van der Waals surface area contributed by atoms with E-state index in [-0.39, 0.29) is 12.0 Å². The van der Waals surface area contributed by atoms with Crippen molar-refractivity contribution in [3.05, 3.63) is 11.9 Å². The normalized spacial score (nSPS) is 17.4. The predicted octanol–water partition coefficient (Wildman–Crippen LogP) is 1.09. The maximum Gasteiger partial charge on any atom is 0.0994 e. The third-order valence-electron chi connectivity index (χ3n) is 3.10.